The number of benzene rings is 2. The Labute approximate surface area is 144 Å². The highest BCUT2D eigenvalue weighted by Crippen LogP contribution is 2.44. The SMILES string of the molecule is C1=c2ccccc2=[N+]2c3c(cnc4ccccc34)-c3cccnc3C12. The van der Waals surface area contributed by atoms with Crippen LogP contribution in [0.2, 0.25) is 0 Å². The fraction of sp³-hybridized carbons (Fsp3) is 0.0455. The largest absolute Gasteiger partial charge is 0.255 e. The van der Waals surface area contributed by atoms with Crippen LogP contribution in [0.15, 0.2) is 73.1 Å². The number of fused-ring (bicyclic) bond motifs is 9. The van der Waals surface area contributed by atoms with Gasteiger partial charge in [-0.1, -0.05) is 30.3 Å². The molecule has 2 aromatic heterocycles. The molecule has 0 aliphatic carbocycles. The maximum Gasteiger partial charge on any atom is 0.225 e. The maximum absolute atomic E-state index is 4.72. The van der Waals surface area contributed by atoms with E-state index in [0.29, 0.717) is 0 Å². The molecule has 25 heavy (non-hydrogen) atoms. The second-order valence-corrected chi connectivity index (χ2v) is 6.51. The van der Waals surface area contributed by atoms with E-state index in [9.17, 15) is 0 Å². The molecule has 0 radical (unpaired) electrons. The fourth-order valence-electron chi connectivity index (χ4n) is 4.17. The highest BCUT2D eigenvalue weighted by Gasteiger charge is 2.39. The molecule has 0 saturated carbocycles. The minimum Gasteiger partial charge on any atom is -0.255 e. The molecule has 0 N–H and O–H groups in total. The van der Waals surface area contributed by atoms with Gasteiger partial charge in [0, 0.05) is 35.3 Å². The molecule has 0 spiro atoms. The first-order chi connectivity index (χ1) is 12.4. The maximum atomic E-state index is 4.72. The minimum atomic E-state index is 0.131. The van der Waals surface area contributed by atoms with Gasteiger partial charge in [0.1, 0.15) is 5.69 Å². The smallest absolute Gasteiger partial charge is 0.225 e. The molecule has 4 aromatic rings. The lowest BCUT2D eigenvalue weighted by Gasteiger charge is -2.21. The highest BCUT2D eigenvalue weighted by molar-refractivity contribution is 5.99. The third-order valence-corrected chi connectivity index (χ3v) is 5.21. The molecule has 1 atom stereocenters. The zero-order valence-corrected chi connectivity index (χ0v) is 13.4. The first kappa shape index (κ1) is 13.0. The molecule has 2 aliphatic heterocycles. The lowest BCUT2D eigenvalue weighted by Crippen LogP contribution is -2.33. The summed E-state index contributed by atoms with van der Waals surface area (Å²) in [4.78, 5) is 9.42. The second-order valence-electron chi connectivity index (χ2n) is 6.51. The predicted octanol–water partition coefficient (Wildman–Crippen LogP) is 2.97. The van der Waals surface area contributed by atoms with Crippen LogP contribution in [0.1, 0.15) is 11.7 Å². The van der Waals surface area contributed by atoms with Gasteiger partial charge in [0.05, 0.1) is 16.5 Å². The average molecular weight is 320 g/mol. The van der Waals surface area contributed by atoms with Gasteiger partial charge in [0.25, 0.3) is 0 Å². The number of hydrogen-bond donors (Lipinski definition) is 0. The molecule has 4 heterocycles. The minimum absolute atomic E-state index is 0.131. The average Bonchev–Trinajstić information content (AvgIpc) is 3.07. The van der Waals surface area contributed by atoms with Crippen molar-refractivity contribution < 1.29 is 0 Å². The summed E-state index contributed by atoms with van der Waals surface area (Å²) in [6.07, 6.45) is 6.20. The zero-order valence-electron chi connectivity index (χ0n) is 13.4. The van der Waals surface area contributed by atoms with Gasteiger partial charge in [-0.15, -0.1) is 0 Å². The predicted molar refractivity (Wildman–Crippen MR) is 98.8 cm³/mol. The van der Waals surface area contributed by atoms with Crippen LogP contribution >= 0.6 is 0 Å². The van der Waals surface area contributed by atoms with Crippen molar-refractivity contribution in [2.24, 2.45) is 0 Å². The van der Waals surface area contributed by atoms with E-state index in [1.807, 2.05) is 24.5 Å². The van der Waals surface area contributed by atoms with E-state index >= 15 is 0 Å². The van der Waals surface area contributed by atoms with Gasteiger partial charge in [0.15, 0.2) is 0 Å². The summed E-state index contributed by atoms with van der Waals surface area (Å²) in [7, 11) is 0. The molecule has 0 saturated heterocycles. The summed E-state index contributed by atoms with van der Waals surface area (Å²) < 4.78 is 2.42. The van der Waals surface area contributed by atoms with Crippen molar-refractivity contribution in [3.8, 4) is 11.1 Å². The second kappa shape index (κ2) is 4.61. The van der Waals surface area contributed by atoms with E-state index in [2.05, 4.69) is 59.2 Å². The van der Waals surface area contributed by atoms with Crippen molar-refractivity contribution >= 4 is 22.7 Å². The molecule has 3 nitrogen and oxygen atoms in total. The van der Waals surface area contributed by atoms with Crippen molar-refractivity contribution in [1.82, 2.24) is 14.5 Å². The van der Waals surface area contributed by atoms with Gasteiger partial charge < -0.3 is 0 Å². The Bertz CT molecular complexity index is 1300. The molecule has 0 fully saturated rings. The third-order valence-electron chi connectivity index (χ3n) is 5.21. The third kappa shape index (κ3) is 1.62. The lowest BCUT2D eigenvalue weighted by molar-refractivity contribution is 0.666. The summed E-state index contributed by atoms with van der Waals surface area (Å²) in [5.74, 6) is 0. The zero-order chi connectivity index (χ0) is 16.4. The van der Waals surface area contributed by atoms with E-state index in [0.717, 1.165) is 16.8 Å². The van der Waals surface area contributed by atoms with Crippen molar-refractivity contribution in [3.63, 3.8) is 0 Å². The fourth-order valence-corrected chi connectivity index (χ4v) is 4.17. The van der Waals surface area contributed by atoms with Crippen LogP contribution in [0, 0.1) is 0 Å². The monoisotopic (exact) mass is 320 g/mol. The molecule has 6 rings (SSSR count). The van der Waals surface area contributed by atoms with E-state index in [-0.39, 0.29) is 6.04 Å². The lowest BCUT2D eigenvalue weighted by atomic mass is 9.93. The van der Waals surface area contributed by atoms with E-state index < -0.39 is 0 Å². The van der Waals surface area contributed by atoms with Gasteiger partial charge >= 0.3 is 0 Å². The van der Waals surface area contributed by atoms with Crippen LogP contribution < -0.4 is 15.2 Å². The summed E-state index contributed by atoms with van der Waals surface area (Å²) in [6.45, 7) is 0. The standard InChI is InChI=1S/C22H14N3/c1-4-10-19-14(6-1)12-20-21-15(8-5-11-23-21)17-13-24-18-9-3-2-7-16(18)22(17)25(19)20/h1-13,20H/q+1. The summed E-state index contributed by atoms with van der Waals surface area (Å²) in [5.41, 5.74) is 5.70. The molecule has 0 amide bonds. The van der Waals surface area contributed by atoms with Gasteiger partial charge in [-0.3, -0.25) is 9.97 Å². The van der Waals surface area contributed by atoms with Gasteiger partial charge in [0.2, 0.25) is 17.1 Å². The van der Waals surface area contributed by atoms with Gasteiger partial charge in [-0.25, -0.2) is 0 Å². The molecule has 116 valence electrons. The molecule has 1 unspecified atom stereocenters. The van der Waals surface area contributed by atoms with Crippen LogP contribution in [0.3, 0.4) is 0 Å². The van der Waals surface area contributed by atoms with E-state index in [4.69, 9.17) is 9.97 Å². The van der Waals surface area contributed by atoms with Crippen molar-refractivity contribution in [2.75, 3.05) is 0 Å². The van der Waals surface area contributed by atoms with Crippen LogP contribution in [-0.4, -0.2) is 9.97 Å². The number of hydrogen-bond acceptors (Lipinski definition) is 2. The van der Waals surface area contributed by atoms with Crippen molar-refractivity contribution in [2.45, 2.75) is 6.04 Å². The van der Waals surface area contributed by atoms with Gasteiger partial charge in [-0.2, -0.15) is 4.58 Å². The number of pyridine rings is 2. The molecular formula is C22H14N3+. The summed E-state index contributed by atoms with van der Waals surface area (Å²) in [5, 5.41) is 3.68. The summed E-state index contributed by atoms with van der Waals surface area (Å²) in [6, 6.07) is 21.2. The molecular weight excluding hydrogens is 306 g/mol. The van der Waals surface area contributed by atoms with E-state index in [1.165, 1.54) is 27.2 Å². The molecule has 2 aromatic carbocycles. The summed E-state index contributed by atoms with van der Waals surface area (Å²) >= 11 is 0. The number of aromatic nitrogens is 2. The normalized spacial score (nSPS) is 16.6. The molecule has 2 aliphatic rings. The Morgan fingerprint density at radius 3 is 2.68 bits per heavy atom. The van der Waals surface area contributed by atoms with Crippen molar-refractivity contribution in [1.29, 1.82) is 0 Å². The number of nitrogens with zero attached hydrogens (tertiary/aromatic N) is 3. The first-order valence-corrected chi connectivity index (χ1v) is 8.48. The van der Waals surface area contributed by atoms with Crippen LogP contribution in [0.4, 0.5) is 5.69 Å². The topological polar surface area (TPSA) is 28.8 Å². The number of para-hydroxylation sites is 2. The quantitative estimate of drug-likeness (QED) is 0.466. The van der Waals surface area contributed by atoms with Crippen LogP contribution in [-0.2, 0) is 0 Å². The highest BCUT2D eigenvalue weighted by atomic mass is 15.1. The Morgan fingerprint density at radius 2 is 1.68 bits per heavy atom. The molecule has 3 heteroatoms. The van der Waals surface area contributed by atoms with Gasteiger partial charge in [-0.05, 0) is 24.3 Å². The molecule has 0 bridgehead atoms. The first-order valence-electron chi connectivity index (χ1n) is 8.48. The Hall–Kier alpha value is -3.33. The Kier molecular flexibility index (Phi) is 2.40. The van der Waals surface area contributed by atoms with Crippen LogP contribution in [0.5, 0.6) is 0 Å². The Balaban J connectivity index is 1.90. The van der Waals surface area contributed by atoms with Crippen molar-refractivity contribution in [3.05, 3.63) is 89.3 Å². The number of rotatable bonds is 0. The van der Waals surface area contributed by atoms with Crippen LogP contribution in [0.25, 0.3) is 28.1 Å². The van der Waals surface area contributed by atoms with E-state index in [1.54, 1.807) is 0 Å². The Morgan fingerprint density at radius 1 is 0.800 bits per heavy atom.